The second-order valence-corrected chi connectivity index (χ2v) is 5.64. The molecular formula is C12H15FN2S2. The zero-order chi connectivity index (χ0) is 12.3. The average molecular weight is 270 g/mol. The van der Waals surface area contributed by atoms with Gasteiger partial charge in [-0.2, -0.15) is 11.8 Å². The number of nitrogens with two attached hydrogens (primary N) is 1. The zero-order valence-corrected chi connectivity index (χ0v) is 11.1. The molecule has 2 nitrogen and oxygen atoms in total. The van der Waals surface area contributed by atoms with E-state index >= 15 is 0 Å². The van der Waals surface area contributed by atoms with E-state index in [0.29, 0.717) is 5.56 Å². The van der Waals surface area contributed by atoms with Crippen LogP contribution in [0.3, 0.4) is 0 Å². The number of hydrogen-bond acceptors (Lipinski definition) is 3. The first-order chi connectivity index (χ1) is 8.18. The van der Waals surface area contributed by atoms with Gasteiger partial charge in [-0.3, -0.25) is 0 Å². The monoisotopic (exact) mass is 270 g/mol. The summed E-state index contributed by atoms with van der Waals surface area (Å²) in [5, 5.41) is 0. The molecule has 0 radical (unpaired) electrons. The Bertz CT molecular complexity index is 415. The fourth-order valence-corrected chi connectivity index (χ4v) is 3.02. The van der Waals surface area contributed by atoms with Gasteiger partial charge < -0.3 is 10.6 Å². The summed E-state index contributed by atoms with van der Waals surface area (Å²) in [4.78, 5) is 2.50. The maximum atomic E-state index is 13.2. The molecule has 0 spiro atoms. The minimum atomic E-state index is -0.291. The van der Waals surface area contributed by atoms with Crippen molar-refractivity contribution in [1.82, 2.24) is 0 Å². The van der Waals surface area contributed by atoms with Crippen molar-refractivity contribution in [3.8, 4) is 0 Å². The number of thiocarbonyl (C=S) groups is 1. The lowest BCUT2D eigenvalue weighted by molar-refractivity contribution is 0.627. The maximum absolute atomic E-state index is 13.2. The van der Waals surface area contributed by atoms with Gasteiger partial charge in [-0.05, 0) is 30.4 Å². The molecule has 1 fully saturated rings. The number of halogens is 1. The Labute approximate surface area is 110 Å². The first-order valence-electron chi connectivity index (χ1n) is 5.60. The van der Waals surface area contributed by atoms with E-state index in [2.05, 4.69) is 4.90 Å². The third kappa shape index (κ3) is 3.10. The highest BCUT2D eigenvalue weighted by molar-refractivity contribution is 7.99. The van der Waals surface area contributed by atoms with Crippen molar-refractivity contribution in [3.63, 3.8) is 0 Å². The van der Waals surface area contributed by atoms with Gasteiger partial charge in [-0.1, -0.05) is 12.2 Å². The molecule has 0 aromatic heterocycles. The van der Waals surface area contributed by atoms with Crippen LogP contribution in [0.15, 0.2) is 18.2 Å². The van der Waals surface area contributed by atoms with Gasteiger partial charge >= 0.3 is 0 Å². The van der Waals surface area contributed by atoms with Crippen molar-refractivity contribution in [2.75, 3.05) is 29.5 Å². The third-order valence-corrected chi connectivity index (χ3v) is 4.06. The van der Waals surface area contributed by atoms with Crippen LogP contribution in [-0.2, 0) is 0 Å². The highest BCUT2D eigenvalue weighted by Gasteiger charge is 2.15. The quantitative estimate of drug-likeness (QED) is 0.836. The molecule has 1 heterocycles. The zero-order valence-electron chi connectivity index (χ0n) is 9.49. The van der Waals surface area contributed by atoms with Crippen molar-refractivity contribution in [2.45, 2.75) is 6.42 Å². The smallest absolute Gasteiger partial charge is 0.124 e. The molecule has 17 heavy (non-hydrogen) atoms. The lowest BCUT2D eigenvalue weighted by Gasteiger charge is -2.24. The minimum Gasteiger partial charge on any atom is -0.389 e. The van der Waals surface area contributed by atoms with Gasteiger partial charge in [0.15, 0.2) is 0 Å². The van der Waals surface area contributed by atoms with E-state index < -0.39 is 0 Å². The van der Waals surface area contributed by atoms with Crippen LogP contribution in [0.1, 0.15) is 12.0 Å². The van der Waals surface area contributed by atoms with E-state index in [4.69, 9.17) is 18.0 Å². The molecule has 2 N–H and O–H groups in total. The summed E-state index contributed by atoms with van der Waals surface area (Å²) in [5.41, 5.74) is 7.27. The SMILES string of the molecule is NC(=S)c1cc(F)ccc1N1CCCSCC1. The molecule has 2 rings (SSSR count). The van der Waals surface area contributed by atoms with Gasteiger partial charge in [0.25, 0.3) is 0 Å². The fourth-order valence-electron chi connectivity index (χ4n) is 1.97. The Morgan fingerprint density at radius 3 is 2.94 bits per heavy atom. The molecular weight excluding hydrogens is 255 g/mol. The van der Waals surface area contributed by atoms with Crippen molar-refractivity contribution in [1.29, 1.82) is 0 Å². The van der Waals surface area contributed by atoms with Crippen molar-refractivity contribution >= 4 is 34.7 Å². The van der Waals surface area contributed by atoms with Crippen LogP contribution >= 0.6 is 24.0 Å². The van der Waals surface area contributed by atoms with Gasteiger partial charge in [0.05, 0.1) is 0 Å². The summed E-state index contributed by atoms with van der Waals surface area (Å²) in [6, 6.07) is 4.67. The van der Waals surface area contributed by atoms with Crippen LogP contribution in [0.4, 0.5) is 10.1 Å². The molecule has 1 aliphatic heterocycles. The molecule has 1 aliphatic rings. The van der Waals surface area contributed by atoms with Crippen LogP contribution in [0.2, 0.25) is 0 Å². The Kier molecular flexibility index (Phi) is 4.23. The largest absolute Gasteiger partial charge is 0.389 e. The van der Waals surface area contributed by atoms with E-state index in [-0.39, 0.29) is 10.8 Å². The molecule has 0 atom stereocenters. The van der Waals surface area contributed by atoms with Gasteiger partial charge in [0, 0.05) is 30.1 Å². The van der Waals surface area contributed by atoms with Gasteiger partial charge in [0.2, 0.25) is 0 Å². The third-order valence-electron chi connectivity index (χ3n) is 2.79. The van der Waals surface area contributed by atoms with Crippen LogP contribution in [0, 0.1) is 5.82 Å². The summed E-state index contributed by atoms with van der Waals surface area (Å²) in [6.45, 7) is 1.94. The Morgan fingerprint density at radius 1 is 1.35 bits per heavy atom. The number of nitrogens with zero attached hydrogens (tertiary/aromatic N) is 1. The van der Waals surface area contributed by atoms with E-state index in [0.717, 1.165) is 31.0 Å². The van der Waals surface area contributed by atoms with Gasteiger partial charge in [0.1, 0.15) is 10.8 Å². The van der Waals surface area contributed by atoms with Crippen LogP contribution in [-0.4, -0.2) is 29.6 Å². The number of benzene rings is 1. The van der Waals surface area contributed by atoms with Gasteiger partial charge in [-0.15, -0.1) is 0 Å². The lowest BCUT2D eigenvalue weighted by atomic mass is 10.1. The normalized spacial score (nSPS) is 16.6. The topological polar surface area (TPSA) is 29.3 Å². The minimum absolute atomic E-state index is 0.261. The predicted molar refractivity (Wildman–Crippen MR) is 76.4 cm³/mol. The second-order valence-electron chi connectivity index (χ2n) is 3.98. The van der Waals surface area contributed by atoms with E-state index in [1.54, 1.807) is 6.07 Å². The summed E-state index contributed by atoms with van der Waals surface area (Å²) >= 11 is 6.94. The van der Waals surface area contributed by atoms with E-state index in [9.17, 15) is 4.39 Å². The Balaban J connectivity index is 2.32. The molecule has 1 aromatic carbocycles. The van der Waals surface area contributed by atoms with E-state index in [1.165, 1.54) is 17.9 Å². The molecule has 0 aliphatic carbocycles. The molecule has 0 bridgehead atoms. The molecule has 1 aromatic rings. The van der Waals surface area contributed by atoms with Crippen molar-refractivity contribution in [3.05, 3.63) is 29.6 Å². The van der Waals surface area contributed by atoms with Crippen LogP contribution in [0.5, 0.6) is 0 Å². The van der Waals surface area contributed by atoms with Gasteiger partial charge in [-0.25, -0.2) is 4.39 Å². The highest BCUT2D eigenvalue weighted by atomic mass is 32.2. The molecule has 0 saturated carbocycles. The summed E-state index contributed by atoms with van der Waals surface area (Å²) in [7, 11) is 0. The standard InChI is InChI=1S/C12H15FN2S2/c13-9-2-3-11(10(8-9)12(14)16)15-4-1-6-17-7-5-15/h2-3,8H,1,4-7H2,(H2,14,16). The summed E-state index contributed by atoms with van der Waals surface area (Å²) < 4.78 is 13.2. The lowest BCUT2D eigenvalue weighted by Crippen LogP contribution is -2.28. The highest BCUT2D eigenvalue weighted by Crippen LogP contribution is 2.24. The summed E-state index contributed by atoms with van der Waals surface area (Å²) in [6.07, 6.45) is 1.14. The molecule has 0 unspecified atom stereocenters. The second kappa shape index (κ2) is 5.69. The predicted octanol–water partition coefficient (Wildman–Crippen LogP) is 2.40. The molecule has 92 valence electrons. The Morgan fingerprint density at radius 2 is 2.18 bits per heavy atom. The van der Waals surface area contributed by atoms with Crippen LogP contribution < -0.4 is 10.6 Å². The first-order valence-corrected chi connectivity index (χ1v) is 7.17. The Hall–Kier alpha value is -0.810. The molecule has 1 saturated heterocycles. The number of thioether (sulfide) groups is 1. The summed E-state index contributed by atoms with van der Waals surface area (Å²) in [5.74, 6) is 1.98. The fraction of sp³-hybridized carbons (Fsp3) is 0.417. The average Bonchev–Trinajstić information content (AvgIpc) is 2.57. The number of hydrogen-bond donors (Lipinski definition) is 1. The number of rotatable bonds is 2. The van der Waals surface area contributed by atoms with Crippen molar-refractivity contribution < 1.29 is 4.39 Å². The van der Waals surface area contributed by atoms with Crippen molar-refractivity contribution in [2.24, 2.45) is 5.73 Å². The van der Waals surface area contributed by atoms with E-state index in [1.807, 2.05) is 11.8 Å². The number of anilines is 1. The first kappa shape index (κ1) is 12.6. The van der Waals surface area contributed by atoms with Crippen LogP contribution in [0.25, 0.3) is 0 Å². The molecule has 0 amide bonds. The molecule has 5 heteroatoms. The maximum Gasteiger partial charge on any atom is 0.124 e.